The van der Waals surface area contributed by atoms with E-state index < -0.39 is 5.97 Å². The minimum Gasteiger partial charge on any atom is -0.545 e. The highest BCUT2D eigenvalue weighted by Gasteiger charge is 2.37. The van der Waals surface area contributed by atoms with Crippen LogP contribution in [0.4, 0.5) is 0 Å². The molecule has 0 fully saturated rings. The average molecular weight is 503 g/mol. The lowest BCUT2D eigenvalue weighted by molar-refractivity contribution is -0.255. The smallest absolute Gasteiger partial charge is 0.133 e. The van der Waals surface area contributed by atoms with Gasteiger partial charge in [0.05, 0.1) is 9.54 Å². The summed E-state index contributed by atoms with van der Waals surface area (Å²) < 4.78 is 6.70. The third kappa shape index (κ3) is 4.37. The van der Waals surface area contributed by atoms with E-state index in [-0.39, 0.29) is 16.4 Å². The summed E-state index contributed by atoms with van der Waals surface area (Å²) in [6, 6.07) is 9.37. The molecule has 154 valence electrons. The molecule has 0 heterocycles. The van der Waals surface area contributed by atoms with Crippen LogP contribution in [0.2, 0.25) is 0 Å². The van der Waals surface area contributed by atoms with Gasteiger partial charge in [-0.3, -0.25) is 0 Å². The number of rotatable bonds is 5. The van der Waals surface area contributed by atoms with Gasteiger partial charge in [0.2, 0.25) is 0 Å². The second-order valence-electron chi connectivity index (χ2n) is 9.31. The van der Waals surface area contributed by atoms with E-state index in [1.165, 1.54) is 35.6 Å². The number of halogens is 1. The van der Waals surface area contributed by atoms with E-state index in [1.807, 2.05) is 0 Å². The second-order valence-corrected chi connectivity index (χ2v) is 10.5. The number of ether oxygens (including phenoxy) is 1. The summed E-state index contributed by atoms with van der Waals surface area (Å²) in [5.74, 6) is -0.539. The summed E-state index contributed by atoms with van der Waals surface area (Å²) in [5.41, 5.74) is 6.59. The zero-order valence-electron chi connectivity index (χ0n) is 17.8. The Kier molecular flexibility index (Phi) is 5.87. The fraction of sp³-hybridized carbons (Fsp3) is 0.400. The van der Waals surface area contributed by atoms with Gasteiger partial charge in [0, 0.05) is 0 Å². The van der Waals surface area contributed by atoms with E-state index in [1.54, 1.807) is 12.1 Å². The molecule has 3 nitrogen and oxygen atoms in total. The topological polar surface area (TPSA) is 49.4 Å². The lowest BCUT2D eigenvalue weighted by Gasteiger charge is -2.42. The molecule has 0 amide bonds. The Balaban J connectivity index is 1.86. The predicted molar refractivity (Wildman–Crippen MR) is 124 cm³/mol. The van der Waals surface area contributed by atoms with E-state index in [4.69, 9.17) is 4.74 Å². The first-order valence-electron chi connectivity index (χ1n) is 9.90. The van der Waals surface area contributed by atoms with Gasteiger partial charge < -0.3 is 14.6 Å². The Bertz CT molecular complexity index is 986. The number of hydrogen-bond donors (Lipinski definition) is 0. The molecule has 0 saturated heterocycles. The number of carboxylic acid groups (broad SMARTS) is 1. The molecule has 4 heteroatoms. The van der Waals surface area contributed by atoms with Crippen molar-refractivity contribution in [2.45, 2.75) is 58.3 Å². The van der Waals surface area contributed by atoms with Gasteiger partial charge in [0.1, 0.15) is 12.4 Å². The number of benzene rings is 2. The van der Waals surface area contributed by atoms with Gasteiger partial charge in [-0.1, -0.05) is 46.4 Å². The van der Waals surface area contributed by atoms with E-state index in [0.29, 0.717) is 12.4 Å². The van der Waals surface area contributed by atoms with Crippen LogP contribution in [0.1, 0.15) is 73.1 Å². The molecule has 0 aliphatic heterocycles. The monoisotopic (exact) mass is 503 g/mol. The average Bonchev–Trinajstić information content (AvgIpc) is 2.64. The molecule has 2 aromatic carbocycles. The maximum absolute atomic E-state index is 11.0. The fourth-order valence-corrected chi connectivity index (χ4v) is 4.76. The fourth-order valence-electron chi connectivity index (χ4n) is 4.09. The summed E-state index contributed by atoms with van der Waals surface area (Å²) in [7, 11) is 0. The summed E-state index contributed by atoms with van der Waals surface area (Å²) in [6.07, 6.45) is 2.36. The third-order valence-electron chi connectivity index (χ3n) is 6.15. The van der Waals surface area contributed by atoms with Crippen molar-refractivity contribution in [2.75, 3.05) is 6.61 Å². The van der Waals surface area contributed by atoms with Crippen molar-refractivity contribution < 1.29 is 14.6 Å². The van der Waals surface area contributed by atoms with Crippen molar-refractivity contribution in [3.8, 4) is 5.75 Å². The van der Waals surface area contributed by atoms with Crippen molar-refractivity contribution in [2.24, 2.45) is 0 Å². The minimum atomic E-state index is -1.19. The Morgan fingerprint density at radius 2 is 1.69 bits per heavy atom. The molecule has 0 atom stereocenters. The Labute approximate surface area is 187 Å². The molecule has 2 aromatic rings. The first-order chi connectivity index (χ1) is 13.4. The number of aryl methyl sites for hydroxylation is 1. The lowest BCUT2D eigenvalue weighted by Crippen LogP contribution is -2.34. The van der Waals surface area contributed by atoms with Crippen molar-refractivity contribution in [3.05, 3.63) is 68.3 Å². The van der Waals surface area contributed by atoms with Crippen LogP contribution in [0.3, 0.4) is 0 Å². The molecule has 1 aliphatic carbocycles. The van der Waals surface area contributed by atoms with Crippen molar-refractivity contribution in [1.29, 1.82) is 0 Å². The standard InChI is InChI=1S/C25H29IO3/c1-15-11-19-20(25(5,6)10-9-24(19,3)4)13-18(15)16(2)14-29-22-8-7-17(23(27)28)12-21(22)26/h7-8,11-13H,2,9-10,14H2,1,3-6H3,(H,27,28)/p-1. The zero-order valence-corrected chi connectivity index (χ0v) is 20.0. The maximum atomic E-state index is 11.0. The largest absolute Gasteiger partial charge is 0.545 e. The van der Waals surface area contributed by atoms with Crippen LogP contribution in [0, 0.1) is 10.5 Å². The summed E-state index contributed by atoms with van der Waals surface area (Å²) in [6.45, 7) is 16.1. The number of carboxylic acids is 1. The highest BCUT2D eigenvalue weighted by atomic mass is 127. The van der Waals surface area contributed by atoms with Gasteiger partial charge in [0.15, 0.2) is 0 Å². The molecule has 0 N–H and O–H groups in total. The van der Waals surface area contributed by atoms with Gasteiger partial charge in [0.25, 0.3) is 0 Å². The highest BCUT2D eigenvalue weighted by Crippen LogP contribution is 2.47. The van der Waals surface area contributed by atoms with Crippen molar-refractivity contribution in [1.82, 2.24) is 0 Å². The normalized spacial score (nSPS) is 16.8. The third-order valence-corrected chi connectivity index (χ3v) is 6.99. The summed E-state index contributed by atoms with van der Waals surface area (Å²) in [4.78, 5) is 11.0. The van der Waals surface area contributed by atoms with Crippen molar-refractivity contribution in [3.63, 3.8) is 0 Å². The molecule has 3 rings (SSSR count). The number of aromatic carboxylic acids is 1. The number of hydrogen-bond acceptors (Lipinski definition) is 3. The van der Waals surface area contributed by atoms with Gasteiger partial charge in [-0.05, 0) is 105 Å². The molecule has 0 unspecified atom stereocenters. The summed E-state index contributed by atoms with van der Waals surface area (Å²) >= 11 is 2.08. The van der Waals surface area contributed by atoms with Gasteiger partial charge in [-0.15, -0.1) is 0 Å². The Morgan fingerprint density at radius 1 is 1.10 bits per heavy atom. The van der Waals surface area contributed by atoms with Crippen LogP contribution in [-0.2, 0) is 10.8 Å². The lowest BCUT2D eigenvalue weighted by atomic mass is 9.62. The maximum Gasteiger partial charge on any atom is 0.133 e. The van der Waals surface area contributed by atoms with Crippen LogP contribution in [0.25, 0.3) is 5.57 Å². The molecule has 0 radical (unpaired) electrons. The van der Waals surface area contributed by atoms with Crippen LogP contribution in [0.5, 0.6) is 5.75 Å². The van der Waals surface area contributed by atoms with Crippen LogP contribution in [-0.4, -0.2) is 12.6 Å². The van der Waals surface area contributed by atoms with E-state index in [2.05, 4.69) is 75.9 Å². The highest BCUT2D eigenvalue weighted by molar-refractivity contribution is 14.1. The Hall–Kier alpha value is -1.82. The minimum absolute atomic E-state index is 0.143. The molecule has 1 aliphatic rings. The van der Waals surface area contributed by atoms with Gasteiger partial charge in [-0.25, -0.2) is 0 Å². The summed E-state index contributed by atoms with van der Waals surface area (Å²) in [5, 5.41) is 11.0. The number of carbonyl (C=O) groups is 1. The number of carbonyl (C=O) groups excluding carboxylic acids is 1. The molecule has 0 bridgehead atoms. The molecule has 29 heavy (non-hydrogen) atoms. The molecular weight excluding hydrogens is 475 g/mol. The van der Waals surface area contributed by atoms with Gasteiger partial charge >= 0.3 is 0 Å². The Morgan fingerprint density at radius 3 is 2.24 bits per heavy atom. The molecule has 0 spiro atoms. The SMILES string of the molecule is C=C(COc1ccc(C(=O)[O-])cc1I)c1cc2c(cc1C)C(C)(C)CCC2(C)C. The second kappa shape index (κ2) is 7.78. The van der Waals surface area contributed by atoms with E-state index in [9.17, 15) is 9.90 Å². The first kappa shape index (κ1) is 21.9. The van der Waals surface area contributed by atoms with Crippen LogP contribution in [0.15, 0.2) is 36.9 Å². The van der Waals surface area contributed by atoms with Crippen molar-refractivity contribution >= 4 is 34.1 Å². The molecular formula is C25H28IO3-. The molecule has 0 saturated carbocycles. The van der Waals surface area contributed by atoms with Crippen LogP contribution >= 0.6 is 22.6 Å². The number of fused-ring (bicyclic) bond motifs is 1. The zero-order chi connectivity index (χ0) is 21.6. The first-order valence-corrected chi connectivity index (χ1v) is 11.0. The van der Waals surface area contributed by atoms with Gasteiger partial charge in [-0.2, -0.15) is 0 Å². The quantitative estimate of drug-likeness (QED) is 0.514. The van der Waals surface area contributed by atoms with Crippen LogP contribution < -0.4 is 9.84 Å². The molecule has 0 aromatic heterocycles. The van der Waals surface area contributed by atoms with E-state index >= 15 is 0 Å². The van der Waals surface area contributed by atoms with E-state index in [0.717, 1.165) is 14.7 Å². The predicted octanol–water partition coefficient (Wildman–Crippen LogP) is 5.40.